The van der Waals surface area contributed by atoms with Gasteiger partial charge in [0.05, 0.1) is 5.56 Å². The number of hydrogen-bond acceptors (Lipinski definition) is 3. The number of aldehydes is 1. The largest absolute Gasteiger partial charge is 0.509 e. The summed E-state index contributed by atoms with van der Waals surface area (Å²) < 4.78 is 43.0. The van der Waals surface area contributed by atoms with Gasteiger partial charge in [0.1, 0.15) is 11.9 Å². The van der Waals surface area contributed by atoms with Gasteiger partial charge in [0.15, 0.2) is 0 Å². The quantitative estimate of drug-likeness (QED) is 0.483. The Bertz CT molecular complexity index is 504. The molecule has 1 aromatic carbocycles. The number of carbonyl (C=O) groups is 2. The Morgan fingerprint density at radius 3 is 2.21 bits per heavy atom. The molecule has 0 saturated heterocycles. The van der Waals surface area contributed by atoms with Crippen LogP contribution in [0.3, 0.4) is 0 Å². The zero-order chi connectivity index (χ0) is 14.8. The van der Waals surface area contributed by atoms with E-state index >= 15 is 0 Å². The maximum absolute atomic E-state index is 12.7. The highest BCUT2D eigenvalue weighted by molar-refractivity contribution is 6.73. The van der Waals surface area contributed by atoms with Crippen LogP contribution in [0.25, 0.3) is 0 Å². The summed E-state index contributed by atoms with van der Waals surface area (Å²) in [5.74, 6) is -0.891. The van der Waals surface area contributed by atoms with Crippen LogP contribution in [-0.2, 0) is 4.74 Å². The van der Waals surface area contributed by atoms with Crippen LogP contribution in [0.15, 0.2) is 18.2 Å². The predicted molar refractivity (Wildman–Crippen MR) is 65.7 cm³/mol. The van der Waals surface area contributed by atoms with Gasteiger partial charge in [-0.15, -0.1) is 5.46 Å². The molecule has 0 fully saturated rings. The summed E-state index contributed by atoms with van der Waals surface area (Å²) in [6, 6.07) is 2.48. The Labute approximate surface area is 108 Å². The van der Waals surface area contributed by atoms with Gasteiger partial charge in [-0.05, 0) is 26.8 Å². The molecule has 0 spiro atoms. The molecule has 0 aliphatic heterocycles. The van der Waals surface area contributed by atoms with Gasteiger partial charge in [0.25, 0.3) is 0 Å². The van der Waals surface area contributed by atoms with Crippen molar-refractivity contribution in [1.82, 2.24) is 0 Å². The van der Waals surface area contributed by atoms with Crippen LogP contribution in [0.2, 0.25) is 0 Å². The Morgan fingerprint density at radius 2 is 1.79 bits per heavy atom. The summed E-state index contributed by atoms with van der Waals surface area (Å²) in [5, 5.41) is 0. The lowest BCUT2D eigenvalue weighted by Gasteiger charge is -2.21. The van der Waals surface area contributed by atoms with E-state index in [2.05, 4.69) is 0 Å². The molecule has 0 atom stereocenters. The van der Waals surface area contributed by atoms with Gasteiger partial charge in [0, 0.05) is 5.56 Å². The summed E-state index contributed by atoms with van der Waals surface area (Å²) in [4.78, 5) is 22.3. The minimum absolute atomic E-state index is 0.211. The van der Waals surface area contributed by atoms with Crippen molar-refractivity contribution >= 4 is 24.7 Å². The Balaban J connectivity index is 3.21. The van der Waals surface area contributed by atoms with Crippen molar-refractivity contribution in [2.45, 2.75) is 26.4 Å². The van der Waals surface area contributed by atoms with E-state index in [1.165, 1.54) is 0 Å². The van der Waals surface area contributed by atoms with Crippen LogP contribution in [0.1, 0.15) is 41.5 Å². The van der Waals surface area contributed by atoms with Crippen molar-refractivity contribution in [3.8, 4) is 0 Å². The Morgan fingerprint density at radius 1 is 1.21 bits per heavy atom. The molecule has 0 heterocycles. The van der Waals surface area contributed by atoms with E-state index in [1.807, 2.05) is 0 Å². The third-order valence-electron chi connectivity index (χ3n) is 2.13. The molecule has 0 bridgehead atoms. The van der Waals surface area contributed by atoms with E-state index in [-0.39, 0.29) is 17.4 Å². The second-order valence-corrected chi connectivity index (χ2v) is 5.08. The fourth-order valence-electron chi connectivity index (χ4n) is 1.39. The van der Waals surface area contributed by atoms with E-state index < -0.39 is 24.0 Å². The Hall–Kier alpha value is -1.79. The predicted octanol–water partition coefficient (Wildman–Crippen LogP) is 2.51. The molecule has 19 heavy (non-hydrogen) atoms. The number of benzene rings is 1. The van der Waals surface area contributed by atoms with E-state index in [9.17, 15) is 22.5 Å². The number of carbonyl (C=O) groups excluding carboxylic acids is 2. The fourth-order valence-corrected chi connectivity index (χ4v) is 1.39. The minimum Gasteiger partial charge on any atom is -0.456 e. The maximum Gasteiger partial charge on any atom is 0.509 e. The second kappa shape index (κ2) is 5.07. The standard InChI is InChI=1S/C12H13BF3O3/c1-12(2,3)19-11(18)9-4-8(7-17)5-10(6-9)13(14,15)16/h4-7H,1-3H3/q-1. The highest BCUT2D eigenvalue weighted by Gasteiger charge is 2.28. The van der Waals surface area contributed by atoms with Gasteiger partial charge in [0.2, 0.25) is 0 Å². The molecular formula is C12H13BF3O3-. The van der Waals surface area contributed by atoms with Crippen LogP contribution in [-0.4, -0.2) is 24.8 Å². The highest BCUT2D eigenvalue weighted by Crippen LogP contribution is 2.15. The number of rotatable bonds is 3. The smallest absolute Gasteiger partial charge is 0.456 e. The number of ether oxygens (including phenoxy) is 1. The van der Waals surface area contributed by atoms with E-state index in [0.717, 1.165) is 6.07 Å². The summed E-state index contributed by atoms with van der Waals surface area (Å²) in [7, 11) is 0. The zero-order valence-electron chi connectivity index (χ0n) is 10.7. The lowest BCUT2D eigenvalue weighted by atomic mass is 9.78. The average Bonchev–Trinajstić information content (AvgIpc) is 2.25. The molecule has 0 saturated carbocycles. The molecule has 0 aliphatic rings. The summed E-state index contributed by atoms with van der Waals surface area (Å²) in [5.41, 5.74) is -2.31. The highest BCUT2D eigenvalue weighted by atomic mass is 19.4. The van der Waals surface area contributed by atoms with Crippen molar-refractivity contribution in [3.63, 3.8) is 0 Å². The maximum atomic E-state index is 12.7. The van der Waals surface area contributed by atoms with Gasteiger partial charge in [-0.25, -0.2) is 4.79 Å². The first kappa shape index (κ1) is 15.3. The van der Waals surface area contributed by atoms with Gasteiger partial charge < -0.3 is 17.7 Å². The van der Waals surface area contributed by atoms with E-state index in [1.54, 1.807) is 20.8 Å². The second-order valence-electron chi connectivity index (χ2n) is 5.08. The molecule has 104 valence electrons. The van der Waals surface area contributed by atoms with Crippen LogP contribution >= 0.6 is 0 Å². The molecule has 1 rings (SSSR count). The van der Waals surface area contributed by atoms with E-state index in [0.29, 0.717) is 12.1 Å². The number of hydrogen-bond donors (Lipinski definition) is 0. The van der Waals surface area contributed by atoms with Gasteiger partial charge in [-0.2, -0.15) is 0 Å². The molecule has 0 amide bonds. The van der Waals surface area contributed by atoms with Crippen LogP contribution in [0.4, 0.5) is 12.9 Å². The molecule has 0 unspecified atom stereocenters. The summed E-state index contributed by atoms with van der Waals surface area (Å²) in [6.07, 6.45) is 0.263. The van der Waals surface area contributed by atoms with Crippen LogP contribution in [0.5, 0.6) is 0 Å². The fraction of sp³-hybridized carbons (Fsp3) is 0.333. The average molecular weight is 273 g/mol. The third kappa shape index (κ3) is 4.42. The van der Waals surface area contributed by atoms with Crippen LogP contribution < -0.4 is 5.46 Å². The van der Waals surface area contributed by atoms with Crippen molar-refractivity contribution in [3.05, 3.63) is 29.3 Å². The first-order chi connectivity index (χ1) is 8.53. The van der Waals surface area contributed by atoms with Gasteiger partial charge in [-0.1, -0.05) is 12.1 Å². The first-order valence-electron chi connectivity index (χ1n) is 5.56. The molecule has 0 aromatic heterocycles. The third-order valence-corrected chi connectivity index (χ3v) is 2.13. The molecular weight excluding hydrogens is 260 g/mol. The summed E-state index contributed by atoms with van der Waals surface area (Å²) in [6.45, 7) is -0.483. The molecule has 0 aliphatic carbocycles. The van der Waals surface area contributed by atoms with Crippen molar-refractivity contribution in [2.75, 3.05) is 0 Å². The topological polar surface area (TPSA) is 43.4 Å². The molecule has 1 aromatic rings. The van der Waals surface area contributed by atoms with Crippen LogP contribution in [0, 0.1) is 0 Å². The molecule has 7 heteroatoms. The normalized spacial score (nSPS) is 12.1. The van der Waals surface area contributed by atoms with Crippen molar-refractivity contribution in [2.24, 2.45) is 0 Å². The van der Waals surface area contributed by atoms with Gasteiger partial charge >= 0.3 is 12.9 Å². The van der Waals surface area contributed by atoms with Crippen molar-refractivity contribution < 1.29 is 27.3 Å². The monoisotopic (exact) mass is 273 g/mol. The molecule has 3 nitrogen and oxygen atoms in total. The molecule has 0 radical (unpaired) electrons. The van der Waals surface area contributed by atoms with Gasteiger partial charge in [-0.3, -0.25) is 4.79 Å². The molecule has 0 N–H and O–H groups in total. The zero-order valence-corrected chi connectivity index (χ0v) is 10.7. The number of halogens is 3. The lowest BCUT2D eigenvalue weighted by molar-refractivity contribution is 0.00696. The summed E-state index contributed by atoms with van der Waals surface area (Å²) >= 11 is 0. The lowest BCUT2D eigenvalue weighted by Crippen LogP contribution is -2.35. The Kier molecular flexibility index (Phi) is 4.07. The van der Waals surface area contributed by atoms with Crippen molar-refractivity contribution in [1.29, 1.82) is 0 Å². The SMILES string of the molecule is CC(C)(C)OC(=O)c1cc(C=O)cc([B-](F)(F)F)c1. The first-order valence-corrected chi connectivity index (χ1v) is 5.56. The van der Waals surface area contributed by atoms with E-state index in [4.69, 9.17) is 4.74 Å². The number of esters is 1. The minimum atomic E-state index is -5.28.